The Bertz CT molecular complexity index is 938. The van der Waals surface area contributed by atoms with Gasteiger partial charge in [0, 0.05) is 15.3 Å². The molecule has 1 aromatic heterocycles. The second-order valence-corrected chi connectivity index (χ2v) is 7.13. The van der Waals surface area contributed by atoms with Crippen LogP contribution in [0, 0.1) is 4.78 Å². The first kappa shape index (κ1) is 16.2. The number of thiophene rings is 1. The van der Waals surface area contributed by atoms with Crippen molar-refractivity contribution in [2.24, 2.45) is 0 Å². The van der Waals surface area contributed by atoms with Crippen LogP contribution in [-0.2, 0) is 10.6 Å². The molecule has 0 fully saturated rings. The van der Waals surface area contributed by atoms with E-state index in [1.54, 1.807) is 29.5 Å². The van der Waals surface area contributed by atoms with Crippen molar-refractivity contribution in [1.29, 1.82) is 4.78 Å². The molecule has 0 radical (unpaired) electrons. The van der Waals surface area contributed by atoms with Crippen molar-refractivity contribution in [2.75, 3.05) is 11.1 Å². The Morgan fingerprint density at radius 3 is 2.50 bits per heavy atom. The molecule has 2 aromatic carbocycles. The highest BCUT2D eigenvalue weighted by Crippen LogP contribution is 2.30. The molecular formula is C17H15N3O2S2. The van der Waals surface area contributed by atoms with Crippen LogP contribution in [0.25, 0.3) is 10.4 Å². The van der Waals surface area contributed by atoms with Gasteiger partial charge in [-0.3, -0.25) is 9.57 Å². The van der Waals surface area contributed by atoms with Crippen LogP contribution in [0.3, 0.4) is 0 Å². The van der Waals surface area contributed by atoms with Crippen LogP contribution in [0.15, 0.2) is 64.9 Å². The predicted molar refractivity (Wildman–Crippen MR) is 99.1 cm³/mol. The maximum atomic E-state index is 12.4. The fourth-order valence-corrected chi connectivity index (χ4v) is 3.35. The molecular weight excluding hydrogens is 342 g/mol. The van der Waals surface area contributed by atoms with Crippen LogP contribution in [0.4, 0.5) is 11.4 Å². The molecule has 7 heteroatoms. The molecule has 5 nitrogen and oxygen atoms in total. The third kappa shape index (κ3) is 3.47. The van der Waals surface area contributed by atoms with E-state index in [2.05, 4.69) is 5.32 Å². The van der Waals surface area contributed by atoms with Gasteiger partial charge in [-0.25, -0.2) is 4.21 Å². The molecule has 0 saturated carbocycles. The Hall–Kier alpha value is -2.64. The minimum atomic E-state index is -2.16. The summed E-state index contributed by atoms with van der Waals surface area (Å²) >= 11 is 1.61. The molecule has 1 heterocycles. The SMILES string of the molecule is N=[SH](=O)c1ccc(C(=O)Nc2cc(-c3cccs3)ccc2N)cc1. The monoisotopic (exact) mass is 357 g/mol. The zero-order valence-corrected chi connectivity index (χ0v) is 14.2. The summed E-state index contributed by atoms with van der Waals surface area (Å²) in [5.41, 5.74) is 8.38. The molecule has 122 valence electrons. The van der Waals surface area contributed by atoms with E-state index in [0.717, 1.165) is 10.4 Å². The van der Waals surface area contributed by atoms with Crippen molar-refractivity contribution < 1.29 is 9.00 Å². The van der Waals surface area contributed by atoms with Gasteiger partial charge in [0.1, 0.15) is 0 Å². The van der Waals surface area contributed by atoms with E-state index in [1.165, 1.54) is 12.1 Å². The summed E-state index contributed by atoms with van der Waals surface area (Å²) in [7, 11) is -2.16. The van der Waals surface area contributed by atoms with E-state index < -0.39 is 10.6 Å². The number of carbonyl (C=O) groups excluding carboxylic acids is 1. The van der Waals surface area contributed by atoms with E-state index in [-0.39, 0.29) is 5.91 Å². The van der Waals surface area contributed by atoms with E-state index in [0.29, 0.717) is 21.8 Å². The minimum Gasteiger partial charge on any atom is -0.397 e. The number of anilines is 2. The molecule has 1 amide bonds. The molecule has 3 aromatic rings. The Morgan fingerprint density at radius 1 is 1.12 bits per heavy atom. The lowest BCUT2D eigenvalue weighted by atomic mass is 10.1. The minimum absolute atomic E-state index is 0.309. The van der Waals surface area contributed by atoms with Gasteiger partial charge < -0.3 is 11.1 Å². The van der Waals surface area contributed by atoms with Crippen LogP contribution in [-0.4, -0.2) is 10.1 Å². The molecule has 4 N–H and O–H groups in total. The lowest BCUT2D eigenvalue weighted by Gasteiger charge is -2.10. The quantitative estimate of drug-likeness (QED) is 0.422. The van der Waals surface area contributed by atoms with Crippen LogP contribution in [0.5, 0.6) is 0 Å². The molecule has 0 aliphatic rings. The summed E-state index contributed by atoms with van der Waals surface area (Å²) in [6.45, 7) is 0. The van der Waals surface area contributed by atoms with Crippen molar-refractivity contribution in [2.45, 2.75) is 4.90 Å². The smallest absolute Gasteiger partial charge is 0.255 e. The largest absolute Gasteiger partial charge is 0.397 e. The highest BCUT2D eigenvalue weighted by molar-refractivity contribution is 7.73. The summed E-state index contributed by atoms with van der Waals surface area (Å²) in [5, 5.41) is 4.79. The van der Waals surface area contributed by atoms with Crippen LogP contribution < -0.4 is 11.1 Å². The van der Waals surface area contributed by atoms with Gasteiger partial charge in [-0.05, 0) is 53.4 Å². The number of nitrogens with one attached hydrogen (secondary N) is 2. The number of thiol groups is 1. The zero-order valence-electron chi connectivity index (χ0n) is 12.5. The molecule has 1 unspecified atom stereocenters. The number of hydrogen-bond acceptors (Lipinski definition) is 5. The Morgan fingerprint density at radius 2 is 1.88 bits per heavy atom. The number of rotatable bonds is 4. The van der Waals surface area contributed by atoms with Gasteiger partial charge in [-0.2, -0.15) is 0 Å². The first-order chi connectivity index (χ1) is 11.5. The van der Waals surface area contributed by atoms with Crippen molar-refractivity contribution in [3.05, 3.63) is 65.5 Å². The standard InChI is InChI=1S/C17H15N3O2S2/c18-14-8-5-12(16-2-1-9-23-16)10-15(14)20-17(21)11-3-6-13(7-4-11)24(19)22/h1-10,19,24H,18H2,(H,20,21). The molecule has 0 aliphatic carbocycles. The van der Waals surface area contributed by atoms with Gasteiger partial charge >= 0.3 is 0 Å². The van der Waals surface area contributed by atoms with E-state index in [9.17, 15) is 9.00 Å². The fourth-order valence-electron chi connectivity index (χ4n) is 2.20. The topological polar surface area (TPSA) is 96.0 Å². The average Bonchev–Trinajstić information content (AvgIpc) is 3.11. The summed E-state index contributed by atoms with van der Waals surface area (Å²) in [6, 6.07) is 15.6. The molecule has 0 spiro atoms. The normalized spacial score (nSPS) is 11.8. The predicted octanol–water partition coefficient (Wildman–Crippen LogP) is 3.85. The second kappa shape index (κ2) is 6.86. The van der Waals surface area contributed by atoms with E-state index in [1.807, 2.05) is 29.6 Å². The summed E-state index contributed by atoms with van der Waals surface area (Å²) < 4.78 is 18.3. The van der Waals surface area contributed by atoms with Crippen molar-refractivity contribution in [3.8, 4) is 10.4 Å². The zero-order chi connectivity index (χ0) is 17.1. The van der Waals surface area contributed by atoms with Crippen LogP contribution in [0.2, 0.25) is 0 Å². The van der Waals surface area contributed by atoms with Crippen molar-refractivity contribution in [1.82, 2.24) is 0 Å². The second-order valence-electron chi connectivity index (χ2n) is 5.07. The van der Waals surface area contributed by atoms with Crippen molar-refractivity contribution in [3.63, 3.8) is 0 Å². The lowest BCUT2D eigenvalue weighted by Crippen LogP contribution is -2.13. The number of nitrogens with two attached hydrogens (primary N) is 1. The Balaban J connectivity index is 1.84. The molecule has 3 rings (SSSR count). The van der Waals surface area contributed by atoms with E-state index in [4.69, 9.17) is 10.5 Å². The highest BCUT2D eigenvalue weighted by atomic mass is 32.2. The van der Waals surface area contributed by atoms with Gasteiger partial charge in [0.25, 0.3) is 5.91 Å². The molecule has 0 aliphatic heterocycles. The molecule has 1 atom stereocenters. The van der Waals surface area contributed by atoms with Gasteiger partial charge in [0.15, 0.2) is 0 Å². The fraction of sp³-hybridized carbons (Fsp3) is 0. The van der Waals surface area contributed by atoms with Crippen molar-refractivity contribution >= 4 is 39.2 Å². The third-order valence-corrected chi connectivity index (χ3v) is 5.16. The third-order valence-electron chi connectivity index (χ3n) is 3.47. The number of amides is 1. The maximum Gasteiger partial charge on any atom is 0.255 e. The number of benzene rings is 2. The molecule has 0 saturated heterocycles. The summed E-state index contributed by atoms with van der Waals surface area (Å²) in [5.74, 6) is -0.309. The summed E-state index contributed by atoms with van der Waals surface area (Å²) in [6.07, 6.45) is 0. The first-order valence-corrected chi connectivity index (χ1v) is 9.22. The molecule has 24 heavy (non-hydrogen) atoms. The first-order valence-electron chi connectivity index (χ1n) is 7.08. The van der Waals surface area contributed by atoms with Crippen LogP contribution in [0.1, 0.15) is 10.4 Å². The maximum absolute atomic E-state index is 12.4. The lowest BCUT2D eigenvalue weighted by molar-refractivity contribution is 0.102. The number of carbonyl (C=O) groups is 1. The van der Waals surface area contributed by atoms with Gasteiger partial charge in [0.2, 0.25) is 0 Å². The van der Waals surface area contributed by atoms with Gasteiger partial charge in [-0.15, -0.1) is 11.3 Å². The Labute approximate surface area is 145 Å². The number of hydrogen-bond donors (Lipinski definition) is 4. The van der Waals surface area contributed by atoms with Crippen LogP contribution >= 0.6 is 11.3 Å². The van der Waals surface area contributed by atoms with Gasteiger partial charge in [0.05, 0.1) is 22.0 Å². The van der Waals surface area contributed by atoms with Gasteiger partial charge in [-0.1, -0.05) is 12.1 Å². The average molecular weight is 357 g/mol. The Kier molecular flexibility index (Phi) is 4.64. The number of nitrogen functional groups attached to an aromatic ring is 1. The summed E-state index contributed by atoms with van der Waals surface area (Å²) in [4.78, 5) is 13.8. The highest BCUT2D eigenvalue weighted by Gasteiger charge is 2.10. The van der Waals surface area contributed by atoms with E-state index >= 15 is 0 Å². The molecule has 0 bridgehead atoms.